The zero-order chi connectivity index (χ0) is 27.0. The van der Waals surface area contributed by atoms with Crippen molar-refractivity contribution in [1.29, 1.82) is 0 Å². The number of anilines is 1. The number of aromatic nitrogens is 4. The Morgan fingerprint density at radius 1 is 1.29 bits per heavy atom. The monoisotopic (exact) mass is 546 g/mol. The minimum absolute atomic E-state index is 0.0413. The molecule has 38 heavy (non-hydrogen) atoms. The molecular weight excluding hydrogens is 519 g/mol. The number of aromatic amines is 1. The van der Waals surface area contributed by atoms with Crippen molar-refractivity contribution in [3.05, 3.63) is 54.6 Å². The number of nitrogen functional groups attached to an aromatic ring is 1. The molecule has 0 radical (unpaired) electrons. The highest BCUT2D eigenvalue weighted by atomic mass is 31.2. The summed E-state index contributed by atoms with van der Waals surface area (Å²) in [6.07, 6.45) is -0.476. The summed E-state index contributed by atoms with van der Waals surface area (Å²) in [6.45, 7) is -0.563. The van der Waals surface area contributed by atoms with Crippen molar-refractivity contribution in [3.63, 3.8) is 0 Å². The molecule has 1 fully saturated rings. The fraction of sp³-hybridized carbons (Fsp3) is 0.348. The number of esters is 1. The average Bonchev–Trinajstić information content (AvgIpc) is 3.59. The van der Waals surface area contributed by atoms with Crippen LogP contribution in [0.4, 0.5) is 5.82 Å². The van der Waals surface area contributed by atoms with E-state index < -0.39 is 50.9 Å². The third kappa shape index (κ3) is 5.02. The van der Waals surface area contributed by atoms with Gasteiger partial charge in [-0.2, -0.15) is 0 Å². The Bertz CT molecular complexity index is 1510. The summed E-state index contributed by atoms with van der Waals surface area (Å²) in [4.78, 5) is 34.1. The number of aliphatic hydroxyl groups is 2. The number of hydrogen-bond donors (Lipinski definition) is 6. The maximum absolute atomic E-state index is 12.9. The predicted molar refractivity (Wildman–Crippen MR) is 135 cm³/mol. The van der Waals surface area contributed by atoms with Gasteiger partial charge in [-0.15, -0.1) is 0 Å². The minimum Gasteiger partial charge on any atom is -0.468 e. The molecule has 202 valence electrons. The second kappa shape index (κ2) is 10.4. The van der Waals surface area contributed by atoms with Gasteiger partial charge in [0.05, 0.1) is 25.6 Å². The number of methoxy groups -OCH3 is 1. The van der Waals surface area contributed by atoms with Crippen LogP contribution in [0, 0.1) is 0 Å². The first kappa shape index (κ1) is 26.3. The number of benzene rings is 1. The molecule has 1 aromatic carbocycles. The second-order valence-electron chi connectivity index (χ2n) is 8.85. The number of nitrogens with zero attached hydrogens (tertiary/aromatic N) is 3. The van der Waals surface area contributed by atoms with Gasteiger partial charge >= 0.3 is 13.7 Å². The summed E-state index contributed by atoms with van der Waals surface area (Å²) >= 11 is 0. The van der Waals surface area contributed by atoms with Crippen molar-refractivity contribution in [3.8, 4) is 0 Å². The van der Waals surface area contributed by atoms with Gasteiger partial charge in [-0.25, -0.2) is 19.6 Å². The van der Waals surface area contributed by atoms with E-state index in [9.17, 15) is 24.5 Å². The van der Waals surface area contributed by atoms with Crippen LogP contribution in [0.1, 0.15) is 11.8 Å². The molecule has 0 bridgehead atoms. The number of fused-ring (bicyclic) bond motifs is 2. The Morgan fingerprint density at radius 3 is 2.87 bits per heavy atom. The number of aliphatic hydroxyl groups excluding tert-OH is 2. The van der Waals surface area contributed by atoms with Crippen molar-refractivity contribution in [2.24, 2.45) is 0 Å². The van der Waals surface area contributed by atoms with E-state index in [1.54, 1.807) is 12.3 Å². The first-order valence-electron chi connectivity index (χ1n) is 11.6. The summed E-state index contributed by atoms with van der Waals surface area (Å²) in [5.74, 6) is -0.573. The van der Waals surface area contributed by atoms with E-state index in [0.717, 1.165) is 16.5 Å². The third-order valence-corrected chi connectivity index (χ3v) is 7.59. The van der Waals surface area contributed by atoms with Crippen LogP contribution in [0.3, 0.4) is 0 Å². The van der Waals surface area contributed by atoms with E-state index in [2.05, 4.69) is 20.0 Å². The average molecular weight is 546 g/mol. The summed E-state index contributed by atoms with van der Waals surface area (Å²) < 4.78 is 30.1. The number of carbonyl (C=O) groups is 1. The van der Waals surface area contributed by atoms with Crippen LogP contribution in [0.25, 0.3) is 21.9 Å². The van der Waals surface area contributed by atoms with E-state index in [1.807, 2.05) is 24.3 Å². The van der Waals surface area contributed by atoms with Gasteiger partial charge in [-0.1, -0.05) is 18.2 Å². The highest BCUT2D eigenvalue weighted by Gasteiger charge is 2.45. The molecule has 4 heterocycles. The molecular formula is C23H27N6O8P. The molecule has 7 N–H and O–H groups in total. The van der Waals surface area contributed by atoms with Gasteiger partial charge in [0.1, 0.15) is 29.9 Å². The van der Waals surface area contributed by atoms with Crippen LogP contribution in [0.2, 0.25) is 0 Å². The highest BCUT2D eigenvalue weighted by molar-refractivity contribution is 7.50. The molecule has 0 amide bonds. The lowest BCUT2D eigenvalue weighted by Crippen LogP contribution is -2.39. The molecule has 0 aliphatic carbocycles. The Balaban J connectivity index is 1.26. The predicted octanol–water partition coefficient (Wildman–Crippen LogP) is 0.605. The zero-order valence-corrected chi connectivity index (χ0v) is 21.1. The Hall–Kier alpha value is -3.36. The van der Waals surface area contributed by atoms with E-state index >= 15 is 0 Å². The molecule has 14 nitrogen and oxygen atoms in total. The molecule has 1 saturated heterocycles. The molecule has 1 unspecified atom stereocenters. The third-order valence-electron chi connectivity index (χ3n) is 6.45. The van der Waals surface area contributed by atoms with Crippen LogP contribution >= 0.6 is 7.75 Å². The summed E-state index contributed by atoms with van der Waals surface area (Å²) in [5, 5.41) is 24.3. The van der Waals surface area contributed by atoms with Crippen LogP contribution in [0.15, 0.2) is 49.1 Å². The van der Waals surface area contributed by atoms with Crippen LogP contribution in [0.5, 0.6) is 0 Å². The van der Waals surface area contributed by atoms with E-state index in [0.29, 0.717) is 11.0 Å². The number of ether oxygens (including phenoxy) is 2. The first-order chi connectivity index (χ1) is 18.2. The Labute approximate surface area is 215 Å². The van der Waals surface area contributed by atoms with Crippen LogP contribution in [-0.2, 0) is 29.8 Å². The number of pyridine rings is 1. The van der Waals surface area contributed by atoms with Gasteiger partial charge in [-0.3, -0.25) is 9.32 Å². The Morgan fingerprint density at radius 2 is 2.08 bits per heavy atom. The second-order valence-corrected chi connectivity index (χ2v) is 10.4. The standard InChI is InChI=1S/C23H27N6O8P/c1-35-23(32)15(8-12-9-26-14-5-3-2-4-13(12)14)28-38(33,34)36-10-17-19(30)20(31)22(37-17)29-11-27-18-16(29)6-7-25-21(18)24/h2-7,9,11,15,17,19-20,22,26,30-31H,8,10H2,1H3,(H2,24,25)(H2,28,33,34)/t15-,17+,19+,20+,22+/m0/s1. The largest absolute Gasteiger partial charge is 0.468 e. The maximum Gasteiger partial charge on any atom is 0.403 e. The first-order valence-corrected chi connectivity index (χ1v) is 13.2. The normalized spacial score (nSPS) is 24.0. The number of imidazole rings is 1. The number of carbonyl (C=O) groups excluding carboxylic acids is 1. The van der Waals surface area contributed by atoms with Crippen molar-refractivity contribution in [2.75, 3.05) is 19.5 Å². The molecule has 6 atom stereocenters. The van der Waals surface area contributed by atoms with Crippen LogP contribution in [-0.4, -0.2) is 78.7 Å². The fourth-order valence-corrected chi connectivity index (χ4v) is 5.55. The molecule has 1 aliphatic rings. The molecule has 4 aromatic rings. The minimum atomic E-state index is -4.60. The summed E-state index contributed by atoms with van der Waals surface area (Å²) in [7, 11) is -3.43. The summed E-state index contributed by atoms with van der Waals surface area (Å²) in [6, 6.07) is 7.84. The lowest BCUT2D eigenvalue weighted by molar-refractivity contribution is -0.142. The van der Waals surface area contributed by atoms with Gasteiger partial charge in [0.25, 0.3) is 0 Å². The van der Waals surface area contributed by atoms with Gasteiger partial charge in [-0.05, 0) is 17.7 Å². The van der Waals surface area contributed by atoms with Crippen molar-refractivity contribution in [2.45, 2.75) is 37.0 Å². The lowest BCUT2D eigenvalue weighted by atomic mass is 10.1. The smallest absolute Gasteiger partial charge is 0.403 e. The maximum atomic E-state index is 12.9. The fourth-order valence-electron chi connectivity index (χ4n) is 4.53. The van der Waals surface area contributed by atoms with Crippen LogP contribution < -0.4 is 10.8 Å². The number of nitrogens with one attached hydrogen (secondary N) is 2. The number of rotatable bonds is 9. The summed E-state index contributed by atoms with van der Waals surface area (Å²) in [5.41, 5.74) is 8.32. The van der Waals surface area contributed by atoms with Crippen molar-refractivity contribution >= 4 is 41.5 Å². The molecule has 5 rings (SSSR count). The van der Waals surface area contributed by atoms with E-state index in [-0.39, 0.29) is 12.2 Å². The van der Waals surface area contributed by atoms with Crippen molar-refractivity contribution in [1.82, 2.24) is 24.6 Å². The van der Waals surface area contributed by atoms with Gasteiger partial charge in [0, 0.05) is 29.7 Å². The number of nitrogens with two attached hydrogens (primary N) is 1. The highest BCUT2D eigenvalue weighted by Crippen LogP contribution is 2.40. The number of hydrogen-bond acceptors (Lipinski definition) is 10. The number of H-pyrrole nitrogens is 1. The SMILES string of the molecule is COC(=O)[C@H](Cc1c[nH]c2ccccc12)NP(=O)(O)OC[C@H]1O[C@@H](n2cnc3c(N)nccc32)[C@H](O)[C@@H]1O. The van der Waals surface area contributed by atoms with Crippen molar-refractivity contribution < 1.29 is 38.5 Å². The zero-order valence-electron chi connectivity index (χ0n) is 20.2. The van der Waals surface area contributed by atoms with Gasteiger partial charge < -0.3 is 39.9 Å². The van der Waals surface area contributed by atoms with E-state index in [1.165, 1.54) is 24.2 Å². The number of para-hydroxylation sites is 1. The molecule has 1 aliphatic heterocycles. The lowest BCUT2D eigenvalue weighted by Gasteiger charge is -2.22. The molecule has 3 aromatic heterocycles. The van der Waals surface area contributed by atoms with E-state index in [4.69, 9.17) is 19.7 Å². The molecule has 0 spiro atoms. The van der Waals surface area contributed by atoms with Gasteiger partial charge in [0.15, 0.2) is 12.0 Å². The molecule has 15 heteroatoms. The quantitative estimate of drug-likeness (QED) is 0.126. The topological polar surface area (TPSA) is 207 Å². The Kier molecular flexibility index (Phi) is 7.20. The molecule has 0 saturated carbocycles. The van der Waals surface area contributed by atoms with Gasteiger partial charge in [0.2, 0.25) is 0 Å².